The Morgan fingerprint density at radius 1 is 1.00 bits per heavy atom. The lowest BCUT2D eigenvalue weighted by atomic mass is 9.81. The van der Waals surface area contributed by atoms with Gasteiger partial charge in [0.1, 0.15) is 6.04 Å². The number of aryl methyl sites for hydroxylation is 1. The van der Waals surface area contributed by atoms with Crippen LogP contribution in [0, 0.1) is 18.8 Å². The van der Waals surface area contributed by atoms with Gasteiger partial charge >= 0.3 is 0 Å². The van der Waals surface area contributed by atoms with Gasteiger partial charge in [-0.25, -0.2) is 0 Å². The number of carbonyl (C=O) groups excluding carboxylic acids is 2. The summed E-state index contributed by atoms with van der Waals surface area (Å²) in [6.07, 6.45) is 7.17. The third-order valence-electron chi connectivity index (χ3n) is 7.89. The predicted molar refractivity (Wildman–Crippen MR) is 160 cm³/mol. The van der Waals surface area contributed by atoms with Crippen molar-refractivity contribution in [3.8, 4) is 22.5 Å². The minimum absolute atomic E-state index is 0. The number of primary amides is 1. The molecule has 0 bridgehead atoms. The summed E-state index contributed by atoms with van der Waals surface area (Å²) in [4.78, 5) is 32.9. The van der Waals surface area contributed by atoms with Gasteiger partial charge in [0.05, 0.1) is 0 Å². The zero-order chi connectivity index (χ0) is 28.1. The third-order valence-corrected chi connectivity index (χ3v) is 7.89. The van der Waals surface area contributed by atoms with Crippen molar-refractivity contribution in [2.24, 2.45) is 23.3 Å². The van der Waals surface area contributed by atoms with E-state index in [2.05, 4.69) is 25.6 Å². The summed E-state index contributed by atoms with van der Waals surface area (Å²) >= 11 is 0. The number of rotatable bonds is 9. The van der Waals surface area contributed by atoms with Crippen molar-refractivity contribution < 1.29 is 9.59 Å². The first kappa shape index (κ1) is 29.8. The first-order valence-corrected chi connectivity index (χ1v) is 13.6. The lowest BCUT2D eigenvalue weighted by Crippen LogP contribution is -2.52. The van der Waals surface area contributed by atoms with Crippen LogP contribution in [-0.2, 0) is 16.0 Å². The van der Waals surface area contributed by atoms with Gasteiger partial charge in [-0.15, -0.1) is 22.6 Å². The van der Waals surface area contributed by atoms with Crippen LogP contribution in [0.5, 0.6) is 0 Å². The van der Waals surface area contributed by atoms with Crippen LogP contribution in [0.25, 0.3) is 22.5 Å². The molecule has 1 saturated carbocycles. The number of anilines is 1. The Labute approximate surface area is 245 Å². The van der Waals surface area contributed by atoms with Crippen LogP contribution >= 0.6 is 12.4 Å². The number of hydrogen-bond donors (Lipinski definition) is 3. The van der Waals surface area contributed by atoms with E-state index in [1.165, 1.54) is 0 Å². The van der Waals surface area contributed by atoms with Crippen LogP contribution in [-0.4, -0.2) is 50.0 Å². The Balaban J connectivity index is 0.00000387. The molecular weight excluding hydrogens is 540 g/mol. The summed E-state index contributed by atoms with van der Waals surface area (Å²) in [6, 6.07) is 16.3. The molecule has 1 atom stereocenters. The fourth-order valence-corrected chi connectivity index (χ4v) is 5.49. The highest BCUT2D eigenvalue weighted by molar-refractivity contribution is 6.01. The average molecular weight is 575 g/mol. The highest BCUT2D eigenvalue weighted by Crippen LogP contribution is 2.33. The zero-order valence-electron chi connectivity index (χ0n) is 22.9. The summed E-state index contributed by atoms with van der Waals surface area (Å²) in [5.41, 5.74) is 17.3. The van der Waals surface area contributed by atoms with Crippen molar-refractivity contribution in [1.29, 1.82) is 0 Å². The maximum atomic E-state index is 14.1. The number of amides is 2. The summed E-state index contributed by atoms with van der Waals surface area (Å²) in [6.45, 7) is 2.67. The van der Waals surface area contributed by atoms with Gasteiger partial charge < -0.3 is 11.5 Å². The number of hydrogen-bond acceptors (Lipinski definition) is 7. The Kier molecular flexibility index (Phi) is 9.80. The summed E-state index contributed by atoms with van der Waals surface area (Å²) in [5.74, 6) is 0.0330. The minimum Gasteiger partial charge on any atom is -0.368 e. The molecule has 2 aromatic heterocycles. The molecule has 2 aromatic carbocycles. The van der Waals surface area contributed by atoms with Crippen molar-refractivity contribution in [2.75, 3.05) is 11.4 Å². The van der Waals surface area contributed by atoms with Crippen LogP contribution in [0.15, 0.2) is 67.0 Å². The fraction of sp³-hybridized carbons (Fsp3) is 0.333. The molecule has 2 amide bonds. The number of carbonyl (C=O) groups is 2. The van der Waals surface area contributed by atoms with Crippen molar-refractivity contribution in [3.63, 3.8) is 0 Å². The van der Waals surface area contributed by atoms with E-state index in [0.29, 0.717) is 24.0 Å². The number of benzene rings is 2. The van der Waals surface area contributed by atoms with E-state index in [0.717, 1.165) is 53.5 Å². The number of nitrogens with one attached hydrogen (secondary N) is 1. The van der Waals surface area contributed by atoms with Crippen molar-refractivity contribution >= 4 is 29.9 Å². The van der Waals surface area contributed by atoms with Crippen molar-refractivity contribution in [2.45, 2.75) is 45.1 Å². The molecule has 5 rings (SSSR count). The second-order valence-electron chi connectivity index (χ2n) is 10.5. The number of tetrazole rings is 1. The highest BCUT2D eigenvalue weighted by atomic mass is 35.5. The average Bonchev–Trinajstić information content (AvgIpc) is 3.53. The van der Waals surface area contributed by atoms with E-state index in [9.17, 15) is 9.59 Å². The topological polar surface area (TPSA) is 157 Å². The van der Waals surface area contributed by atoms with E-state index in [-0.39, 0.29) is 30.7 Å². The minimum atomic E-state index is -0.860. The quantitative estimate of drug-likeness (QED) is 0.274. The molecule has 11 heteroatoms. The molecule has 5 N–H and O–H groups in total. The molecule has 41 heavy (non-hydrogen) atoms. The SMILES string of the molecule is Cc1ccncc1-c1ccc(C[C@@H](C(N)=O)N(c2ccc(-c3nn[nH]n3)cc2)C(=O)[C@H]2CC[C@H](CN)CC2)cc1.Cl. The first-order valence-electron chi connectivity index (χ1n) is 13.6. The lowest BCUT2D eigenvalue weighted by molar-refractivity contribution is -0.127. The molecule has 2 heterocycles. The number of nitrogens with two attached hydrogens (primary N) is 2. The highest BCUT2D eigenvalue weighted by Gasteiger charge is 2.36. The number of pyridine rings is 1. The molecule has 0 unspecified atom stereocenters. The normalized spacial score (nSPS) is 17.3. The van der Waals surface area contributed by atoms with Gasteiger partial charge in [0.2, 0.25) is 17.6 Å². The molecule has 10 nitrogen and oxygen atoms in total. The molecular formula is C30H35ClN8O2. The second kappa shape index (κ2) is 13.5. The van der Waals surface area contributed by atoms with Gasteiger partial charge in [0.25, 0.3) is 0 Å². The van der Waals surface area contributed by atoms with E-state index in [1.54, 1.807) is 23.2 Å². The van der Waals surface area contributed by atoms with Gasteiger partial charge in [0, 0.05) is 41.5 Å². The molecule has 0 spiro atoms. The Bertz CT molecular complexity index is 1440. The number of aromatic amines is 1. The zero-order valence-corrected chi connectivity index (χ0v) is 23.8. The second-order valence-corrected chi connectivity index (χ2v) is 10.5. The van der Waals surface area contributed by atoms with Crippen LogP contribution in [0.2, 0.25) is 0 Å². The molecule has 1 fully saturated rings. The Morgan fingerprint density at radius 2 is 1.68 bits per heavy atom. The van der Waals surface area contributed by atoms with Crippen molar-refractivity contribution in [3.05, 3.63) is 78.1 Å². The van der Waals surface area contributed by atoms with Gasteiger partial charge in [0.15, 0.2) is 0 Å². The van der Waals surface area contributed by atoms with Crippen LogP contribution < -0.4 is 16.4 Å². The standard InChI is InChI=1S/C30H34N8O2.ClH/c1-19-14-15-33-18-26(19)22-6-2-20(3-7-22)16-27(28(32)39)38(30(40)24-8-4-21(17-31)5-9-24)25-12-10-23(11-13-25)29-34-36-37-35-29;/h2-3,6-7,10-15,18,21,24,27H,4-5,8-9,16-17,31H2,1H3,(H2,32,39)(H,34,35,36,37);1H/t21-,24-,27-;/m0./s1. The van der Waals surface area contributed by atoms with Crippen LogP contribution in [0.3, 0.4) is 0 Å². The molecule has 4 aromatic rings. The molecule has 0 aliphatic heterocycles. The Hall–Kier alpha value is -4.15. The van der Waals surface area contributed by atoms with Crippen LogP contribution in [0.4, 0.5) is 5.69 Å². The monoisotopic (exact) mass is 574 g/mol. The van der Waals surface area contributed by atoms with E-state index in [4.69, 9.17) is 11.5 Å². The number of nitrogens with zero attached hydrogens (tertiary/aromatic N) is 5. The molecule has 0 saturated heterocycles. The number of halogens is 1. The van der Waals surface area contributed by atoms with Gasteiger partial charge in [-0.3, -0.25) is 19.5 Å². The summed E-state index contributed by atoms with van der Waals surface area (Å²) < 4.78 is 0. The maximum absolute atomic E-state index is 14.1. The Morgan fingerprint density at radius 3 is 2.27 bits per heavy atom. The lowest BCUT2D eigenvalue weighted by Gasteiger charge is -2.35. The van der Waals surface area contributed by atoms with E-state index in [1.807, 2.05) is 55.6 Å². The molecule has 214 valence electrons. The van der Waals surface area contributed by atoms with Gasteiger partial charge in [-0.1, -0.05) is 24.3 Å². The fourth-order valence-electron chi connectivity index (χ4n) is 5.49. The smallest absolute Gasteiger partial charge is 0.240 e. The predicted octanol–water partition coefficient (Wildman–Crippen LogP) is 3.85. The summed E-state index contributed by atoms with van der Waals surface area (Å²) in [7, 11) is 0. The summed E-state index contributed by atoms with van der Waals surface area (Å²) in [5, 5.41) is 14.1. The van der Waals surface area contributed by atoms with Gasteiger partial charge in [-0.05, 0) is 97.3 Å². The molecule has 0 radical (unpaired) electrons. The maximum Gasteiger partial charge on any atom is 0.240 e. The van der Waals surface area contributed by atoms with Crippen molar-refractivity contribution in [1.82, 2.24) is 25.6 Å². The van der Waals surface area contributed by atoms with Crippen LogP contribution in [0.1, 0.15) is 36.8 Å². The molecule has 1 aliphatic rings. The number of aromatic nitrogens is 5. The van der Waals surface area contributed by atoms with E-state index >= 15 is 0 Å². The third kappa shape index (κ3) is 6.78. The van der Waals surface area contributed by atoms with Gasteiger partial charge in [-0.2, -0.15) is 5.21 Å². The first-order chi connectivity index (χ1) is 19.4. The van der Waals surface area contributed by atoms with E-state index < -0.39 is 11.9 Å². The number of H-pyrrole nitrogens is 1. The largest absolute Gasteiger partial charge is 0.368 e. The molecule has 1 aliphatic carbocycles.